The van der Waals surface area contributed by atoms with Crippen molar-refractivity contribution >= 4 is 6.03 Å². The molecule has 1 aliphatic heterocycles. The molecule has 0 bridgehead atoms. The largest absolute Gasteiger partial charge is 0.378 e. The van der Waals surface area contributed by atoms with Crippen molar-refractivity contribution in [3.05, 3.63) is 0 Å². The van der Waals surface area contributed by atoms with E-state index in [0.717, 1.165) is 0 Å². The number of hydrogen-bond acceptors (Lipinski definition) is 2. The van der Waals surface area contributed by atoms with Crippen molar-refractivity contribution in [1.82, 2.24) is 10.2 Å². The van der Waals surface area contributed by atoms with Gasteiger partial charge in [0, 0.05) is 20.1 Å². The lowest BCUT2D eigenvalue weighted by Gasteiger charge is -2.26. The zero-order valence-electron chi connectivity index (χ0n) is 11.6. The Balaban J connectivity index is 0.000000325. The maximum atomic E-state index is 10.9. The van der Waals surface area contributed by atoms with E-state index in [0.29, 0.717) is 26.3 Å². The predicted octanol–water partition coefficient (Wildman–Crippen LogP) is 2.63. The summed E-state index contributed by atoms with van der Waals surface area (Å²) in [7, 11) is 1.64. The van der Waals surface area contributed by atoms with Crippen molar-refractivity contribution in [2.45, 2.75) is 46.0 Å². The van der Waals surface area contributed by atoms with Crippen LogP contribution in [0.15, 0.2) is 0 Å². The van der Waals surface area contributed by atoms with Crippen LogP contribution >= 0.6 is 0 Å². The fourth-order valence-electron chi connectivity index (χ4n) is 1.60. The Labute approximate surface area is 106 Å². The first kappa shape index (κ1) is 16.2. The van der Waals surface area contributed by atoms with Gasteiger partial charge in [0.15, 0.2) is 0 Å². The molecule has 102 valence electrons. The number of ether oxygens (including phenoxy) is 1. The molecule has 0 aromatic rings. The number of nitrogens with one attached hydrogen (secondary N) is 1. The number of morpholine rings is 1. The topological polar surface area (TPSA) is 41.6 Å². The van der Waals surface area contributed by atoms with Gasteiger partial charge < -0.3 is 15.0 Å². The molecule has 1 aliphatic rings. The fraction of sp³-hybridized carbons (Fsp3) is 0.923. The van der Waals surface area contributed by atoms with Gasteiger partial charge in [-0.1, -0.05) is 46.0 Å². The molecule has 0 aliphatic carbocycles. The Morgan fingerprint density at radius 1 is 1.12 bits per heavy atom. The molecule has 1 heterocycles. The second-order valence-electron chi connectivity index (χ2n) is 4.22. The fourth-order valence-corrected chi connectivity index (χ4v) is 1.60. The van der Waals surface area contributed by atoms with Gasteiger partial charge in [-0.05, 0) is 0 Å². The highest BCUT2D eigenvalue weighted by Crippen LogP contribution is 2.00. The summed E-state index contributed by atoms with van der Waals surface area (Å²) in [6.07, 6.45) is 7.01. The SMILES string of the molecule is CCCCCCC.CNC(=O)N1CCOCC1. The first-order valence-electron chi connectivity index (χ1n) is 6.80. The zero-order chi connectivity index (χ0) is 12.9. The quantitative estimate of drug-likeness (QED) is 0.772. The maximum absolute atomic E-state index is 10.9. The third-order valence-corrected chi connectivity index (χ3v) is 2.72. The van der Waals surface area contributed by atoms with Crippen molar-refractivity contribution in [2.24, 2.45) is 0 Å². The smallest absolute Gasteiger partial charge is 0.317 e. The highest BCUT2D eigenvalue weighted by molar-refractivity contribution is 5.73. The summed E-state index contributed by atoms with van der Waals surface area (Å²) in [4.78, 5) is 12.7. The molecule has 1 saturated heterocycles. The standard InChI is InChI=1S/C7H16.C6H12N2O2/c1-3-5-7-6-4-2;1-7-6(9)8-2-4-10-5-3-8/h3-7H2,1-2H3;2-5H2,1H3,(H,7,9). The van der Waals surface area contributed by atoms with E-state index >= 15 is 0 Å². The van der Waals surface area contributed by atoms with E-state index in [2.05, 4.69) is 19.2 Å². The third-order valence-electron chi connectivity index (χ3n) is 2.72. The Morgan fingerprint density at radius 2 is 1.65 bits per heavy atom. The van der Waals surface area contributed by atoms with Crippen molar-refractivity contribution in [1.29, 1.82) is 0 Å². The number of unbranched alkanes of at least 4 members (excludes halogenated alkanes) is 4. The van der Waals surface area contributed by atoms with E-state index < -0.39 is 0 Å². The second-order valence-corrected chi connectivity index (χ2v) is 4.22. The van der Waals surface area contributed by atoms with E-state index in [1.54, 1.807) is 11.9 Å². The molecule has 17 heavy (non-hydrogen) atoms. The van der Waals surface area contributed by atoms with E-state index in [1.165, 1.54) is 32.1 Å². The summed E-state index contributed by atoms with van der Waals surface area (Å²) in [6, 6.07) is -0.0108. The van der Waals surface area contributed by atoms with Crippen LogP contribution < -0.4 is 5.32 Å². The summed E-state index contributed by atoms with van der Waals surface area (Å²) >= 11 is 0. The predicted molar refractivity (Wildman–Crippen MR) is 71.3 cm³/mol. The van der Waals surface area contributed by atoms with Gasteiger partial charge in [0.25, 0.3) is 0 Å². The van der Waals surface area contributed by atoms with Crippen LogP contribution in [0.2, 0.25) is 0 Å². The molecule has 1 fully saturated rings. The Kier molecular flexibility index (Phi) is 11.2. The Hall–Kier alpha value is -0.770. The molecule has 1 N–H and O–H groups in total. The number of carbonyl (C=O) groups excluding carboxylic acids is 1. The van der Waals surface area contributed by atoms with Crippen LogP contribution in [-0.2, 0) is 4.74 Å². The monoisotopic (exact) mass is 244 g/mol. The van der Waals surface area contributed by atoms with Gasteiger partial charge >= 0.3 is 6.03 Å². The van der Waals surface area contributed by atoms with Gasteiger partial charge in [0.2, 0.25) is 0 Å². The van der Waals surface area contributed by atoms with Gasteiger partial charge in [-0.3, -0.25) is 0 Å². The zero-order valence-corrected chi connectivity index (χ0v) is 11.6. The van der Waals surface area contributed by atoms with Crippen molar-refractivity contribution < 1.29 is 9.53 Å². The molecule has 0 atom stereocenters. The second kappa shape index (κ2) is 11.7. The van der Waals surface area contributed by atoms with Crippen LogP contribution in [0.4, 0.5) is 4.79 Å². The van der Waals surface area contributed by atoms with Crippen LogP contribution in [0, 0.1) is 0 Å². The lowest BCUT2D eigenvalue weighted by atomic mass is 10.2. The molecule has 0 aromatic heterocycles. The Bertz CT molecular complexity index is 176. The molecule has 2 amide bonds. The lowest BCUT2D eigenvalue weighted by molar-refractivity contribution is 0.0537. The molecule has 1 rings (SSSR count). The summed E-state index contributed by atoms with van der Waals surface area (Å²) in [6.45, 7) is 7.23. The van der Waals surface area contributed by atoms with Crippen molar-refractivity contribution in [2.75, 3.05) is 33.4 Å². The minimum atomic E-state index is -0.0108. The molecule has 0 saturated carbocycles. The summed E-state index contributed by atoms with van der Waals surface area (Å²) in [5.74, 6) is 0. The first-order chi connectivity index (χ1) is 8.26. The van der Waals surface area contributed by atoms with Crippen molar-refractivity contribution in [3.8, 4) is 0 Å². The average Bonchev–Trinajstić information content (AvgIpc) is 2.40. The van der Waals surface area contributed by atoms with E-state index in [-0.39, 0.29) is 6.03 Å². The van der Waals surface area contributed by atoms with Crippen LogP contribution in [0.25, 0.3) is 0 Å². The van der Waals surface area contributed by atoms with Gasteiger partial charge in [0.05, 0.1) is 13.2 Å². The molecule has 0 spiro atoms. The lowest BCUT2D eigenvalue weighted by Crippen LogP contribution is -2.44. The summed E-state index contributed by atoms with van der Waals surface area (Å²) in [5, 5.41) is 2.57. The van der Waals surface area contributed by atoms with Gasteiger partial charge in [-0.2, -0.15) is 0 Å². The first-order valence-corrected chi connectivity index (χ1v) is 6.80. The third kappa shape index (κ3) is 8.98. The molecule has 4 heteroatoms. The molecule has 4 nitrogen and oxygen atoms in total. The molecular weight excluding hydrogens is 216 g/mol. The van der Waals surface area contributed by atoms with Crippen molar-refractivity contribution in [3.63, 3.8) is 0 Å². The summed E-state index contributed by atoms with van der Waals surface area (Å²) < 4.78 is 5.07. The number of rotatable bonds is 4. The molecule has 0 unspecified atom stereocenters. The number of hydrogen-bond donors (Lipinski definition) is 1. The molecule has 0 aromatic carbocycles. The number of amides is 2. The maximum Gasteiger partial charge on any atom is 0.317 e. The summed E-state index contributed by atoms with van der Waals surface area (Å²) in [5.41, 5.74) is 0. The van der Waals surface area contributed by atoms with E-state index in [4.69, 9.17) is 4.74 Å². The number of carbonyl (C=O) groups is 1. The molecule has 0 radical (unpaired) electrons. The Morgan fingerprint density at radius 3 is 2.06 bits per heavy atom. The van der Waals surface area contributed by atoms with Crippen LogP contribution in [0.5, 0.6) is 0 Å². The normalized spacial score (nSPS) is 14.9. The van der Waals surface area contributed by atoms with Crippen LogP contribution in [0.3, 0.4) is 0 Å². The highest BCUT2D eigenvalue weighted by Gasteiger charge is 2.14. The highest BCUT2D eigenvalue weighted by atomic mass is 16.5. The van der Waals surface area contributed by atoms with E-state index in [9.17, 15) is 4.79 Å². The van der Waals surface area contributed by atoms with E-state index in [1.807, 2.05) is 0 Å². The minimum absolute atomic E-state index is 0.0108. The van der Waals surface area contributed by atoms with Crippen LogP contribution in [0.1, 0.15) is 46.0 Å². The van der Waals surface area contributed by atoms with Gasteiger partial charge in [-0.15, -0.1) is 0 Å². The van der Waals surface area contributed by atoms with Gasteiger partial charge in [0.1, 0.15) is 0 Å². The average molecular weight is 244 g/mol. The number of nitrogens with zero attached hydrogens (tertiary/aromatic N) is 1. The molecular formula is C13H28N2O2. The van der Waals surface area contributed by atoms with Crippen LogP contribution in [-0.4, -0.2) is 44.3 Å². The minimum Gasteiger partial charge on any atom is -0.378 e. The number of urea groups is 1. The van der Waals surface area contributed by atoms with Gasteiger partial charge in [-0.25, -0.2) is 4.79 Å².